The van der Waals surface area contributed by atoms with E-state index in [-0.39, 0.29) is 0 Å². The van der Waals surface area contributed by atoms with Crippen LogP contribution in [-0.2, 0) is 0 Å². The van der Waals surface area contributed by atoms with Crippen molar-refractivity contribution in [3.05, 3.63) is 64.6 Å². The molecule has 0 unspecified atom stereocenters. The van der Waals surface area contributed by atoms with Crippen LogP contribution in [0.25, 0.3) is 21.7 Å². The number of hydrogen-bond acceptors (Lipinski definition) is 3. The van der Waals surface area contributed by atoms with Crippen molar-refractivity contribution in [1.82, 2.24) is 4.98 Å². The highest BCUT2D eigenvalue weighted by Crippen LogP contribution is 2.35. The molecule has 1 radical (unpaired) electrons. The number of hydrogen-bond donors (Lipinski definition) is 1. The molecule has 3 nitrogen and oxygen atoms in total. The molecule has 0 aliphatic heterocycles. The molecular weight excluding hydrogens is 304 g/mol. The molecule has 2 aromatic heterocycles. The van der Waals surface area contributed by atoms with E-state index in [1.165, 1.54) is 11.3 Å². The molecule has 0 saturated carbocycles. The van der Waals surface area contributed by atoms with E-state index < -0.39 is 5.91 Å². The van der Waals surface area contributed by atoms with E-state index in [2.05, 4.69) is 11.1 Å². The molecule has 0 spiro atoms. The fourth-order valence-electron chi connectivity index (χ4n) is 2.02. The SMILES string of the molecule is NC(=O)c1cc(Cl)sc1-c1ccc(-c2cc[c]cc2)nc1. The van der Waals surface area contributed by atoms with Gasteiger partial charge >= 0.3 is 0 Å². The number of pyridine rings is 1. The van der Waals surface area contributed by atoms with Crippen LogP contribution in [0, 0.1) is 6.07 Å². The van der Waals surface area contributed by atoms with Crippen LogP contribution in [-0.4, -0.2) is 10.9 Å². The second-order valence-corrected chi connectivity index (χ2v) is 6.06. The molecule has 0 aliphatic rings. The summed E-state index contributed by atoms with van der Waals surface area (Å²) in [5, 5.41) is 0. The Labute approximate surface area is 131 Å². The van der Waals surface area contributed by atoms with Crippen LogP contribution in [0.4, 0.5) is 0 Å². The van der Waals surface area contributed by atoms with Crippen molar-refractivity contribution < 1.29 is 4.79 Å². The smallest absolute Gasteiger partial charge is 0.250 e. The summed E-state index contributed by atoms with van der Waals surface area (Å²) in [6.07, 6.45) is 1.72. The zero-order valence-corrected chi connectivity index (χ0v) is 12.4. The first-order chi connectivity index (χ1) is 10.1. The highest BCUT2D eigenvalue weighted by molar-refractivity contribution is 7.19. The summed E-state index contributed by atoms with van der Waals surface area (Å²) < 4.78 is 0.529. The predicted octanol–water partition coefficient (Wildman–Crippen LogP) is 4.03. The monoisotopic (exact) mass is 313 g/mol. The van der Waals surface area contributed by atoms with Crippen LogP contribution in [0.15, 0.2) is 48.7 Å². The lowest BCUT2D eigenvalue weighted by Gasteiger charge is -2.03. The van der Waals surface area contributed by atoms with Gasteiger partial charge in [0.05, 0.1) is 20.5 Å². The molecule has 0 bridgehead atoms. The van der Waals surface area contributed by atoms with Gasteiger partial charge in [0.15, 0.2) is 0 Å². The number of halogens is 1. The minimum Gasteiger partial charge on any atom is -0.366 e. The fraction of sp³-hybridized carbons (Fsp3) is 0. The quantitative estimate of drug-likeness (QED) is 0.793. The minimum absolute atomic E-state index is 0.425. The fourth-order valence-corrected chi connectivity index (χ4v) is 3.24. The van der Waals surface area contributed by atoms with Gasteiger partial charge in [0.1, 0.15) is 0 Å². The number of carbonyl (C=O) groups excluding carboxylic acids is 1. The Kier molecular flexibility index (Phi) is 3.73. The van der Waals surface area contributed by atoms with Crippen LogP contribution in [0.2, 0.25) is 4.34 Å². The van der Waals surface area contributed by atoms with Gasteiger partial charge in [-0.05, 0) is 24.3 Å². The topological polar surface area (TPSA) is 56.0 Å². The average molecular weight is 314 g/mol. The van der Waals surface area contributed by atoms with Crippen molar-refractivity contribution in [1.29, 1.82) is 0 Å². The van der Waals surface area contributed by atoms with Crippen LogP contribution >= 0.6 is 22.9 Å². The number of benzene rings is 1. The van der Waals surface area contributed by atoms with E-state index in [1.807, 2.05) is 36.4 Å². The summed E-state index contributed by atoms with van der Waals surface area (Å²) in [5.74, 6) is -0.490. The summed E-state index contributed by atoms with van der Waals surface area (Å²) in [5.41, 5.74) is 8.49. The molecule has 0 fully saturated rings. The second kappa shape index (κ2) is 5.68. The van der Waals surface area contributed by atoms with Gasteiger partial charge in [0.2, 0.25) is 5.91 Å². The Hall–Kier alpha value is -2.17. The van der Waals surface area contributed by atoms with Gasteiger partial charge in [-0.2, -0.15) is 0 Å². The Morgan fingerprint density at radius 2 is 1.95 bits per heavy atom. The van der Waals surface area contributed by atoms with Crippen LogP contribution in [0.5, 0.6) is 0 Å². The highest BCUT2D eigenvalue weighted by atomic mass is 35.5. The third kappa shape index (κ3) is 2.82. The summed E-state index contributed by atoms with van der Waals surface area (Å²) in [6, 6.07) is 15.9. The van der Waals surface area contributed by atoms with Crippen LogP contribution < -0.4 is 5.73 Å². The number of nitrogens with two attached hydrogens (primary N) is 1. The predicted molar refractivity (Wildman–Crippen MR) is 85.3 cm³/mol. The van der Waals surface area contributed by atoms with Crippen molar-refractivity contribution >= 4 is 28.8 Å². The number of thiophene rings is 1. The Balaban J connectivity index is 2.00. The second-order valence-electron chi connectivity index (χ2n) is 4.38. The Morgan fingerprint density at radius 1 is 1.19 bits per heavy atom. The first-order valence-electron chi connectivity index (χ1n) is 6.17. The van der Waals surface area contributed by atoms with E-state index in [0.717, 1.165) is 21.7 Å². The van der Waals surface area contributed by atoms with Crippen molar-refractivity contribution in [2.75, 3.05) is 0 Å². The van der Waals surface area contributed by atoms with Gasteiger partial charge in [-0.25, -0.2) is 0 Å². The van der Waals surface area contributed by atoms with E-state index in [4.69, 9.17) is 17.3 Å². The number of nitrogens with zero attached hydrogens (tertiary/aromatic N) is 1. The molecule has 1 amide bonds. The third-order valence-electron chi connectivity index (χ3n) is 3.01. The van der Waals surface area contributed by atoms with Gasteiger partial charge in [-0.15, -0.1) is 11.3 Å². The molecule has 0 atom stereocenters. The Bertz CT molecular complexity index is 782. The van der Waals surface area contributed by atoms with Crippen LogP contribution in [0.1, 0.15) is 10.4 Å². The maximum atomic E-state index is 11.4. The van der Waals surface area contributed by atoms with Gasteiger partial charge in [0, 0.05) is 17.3 Å². The minimum atomic E-state index is -0.490. The largest absolute Gasteiger partial charge is 0.366 e. The third-order valence-corrected chi connectivity index (χ3v) is 4.32. The summed E-state index contributed by atoms with van der Waals surface area (Å²) in [4.78, 5) is 16.6. The molecule has 3 aromatic rings. The average Bonchev–Trinajstić information content (AvgIpc) is 2.91. The molecular formula is C16H10ClN2OS. The molecule has 2 heterocycles. The number of rotatable bonds is 3. The lowest BCUT2D eigenvalue weighted by atomic mass is 10.1. The molecule has 1 aromatic carbocycles. The molecule has 103 valence electrons. The summed E-state index contributed by atoms with van der Waals surface area (Å²) in [6.45, 7) is 0. The van der Waals surface area contributed by atoms with E-state index in [9.17, 15) is 4.79 Å². The Morgan fingerprint density at radius 3 is 2.57 bits per heavy atom. The number of carbonyl (C=O) groups is 1. The summed E-state index contributed by atoms with van der Waals surface area (Å²) >= 11 is 7.29. The van der Waals surface area contributed by atoms with E-state index in [1.54, 1.807) is 12.3 Å². The zero-order valence-electron chi connectivity index (χ0n) is 10.8. The molecule has 0 aliphatic carbocycles. The molecule has 5 heteroatoms. The number of amides is 1. The molecule has 2 N–H and O–H groups in total. The normalized spacial score (nSPS) is 10.5. The first kappa shape index (κ1) is 13.8. The molecule has 3 rings (SSSR count). The van der Waals surface area contributed by atoms with Crippen molar-refractivity contribution in [2.24, 2.45) is 5.73 Å². The zero-order chi connectivity index (χ0) is 14.8. The van der Waals surface area contributed by atoms with E-state index in [0.29, 0.717) is 9.90 Å². The highest BCUT2D eigenvalue weighted by Gasteiger charge is 2.15. The van der Waals surface area contributed by atoms with Crippen LogP contribution in [0.3, 0.4) is 0 Å². The van der Waals surface area contributed by atoms with Gasteiger partial charge in [-0.1, -0.05) is 35.9 Å². The number of aromatic nitrogens is 1. The van der Waals surface area contributed by atoms with Gasteiger partial charge in [-0.3, -0.25) is 9.78 Å². The maximum absolute atomic E-state index is 11.4. The molecule has 21 heavy (non-hydrogen) atoms. The number of primary amides is 1. The lowest BCUT2D eigenvalue weighted by molar-refractivity contribution is 0.100. The van der Waals surface area contributed by atoms with E-state index >= 15 is 0 Å². The van der Waals surface area contributed by atoms with Gasteiger partial charge < -0.3 is 5.73 Å². The van der Waals surface area contributed by atoms with Crippen molar-refractivity contribution in [3.8, 4) is 21.7 Å². The standard InChI is InChI=1S/C16H10ClN2OS/c17-14-8-12(16(18)20)15(21-14)11-6-7-13(19-9-11)10-4-2-1-3-5-10/h2-9H,(H2,18,20). The molecule has 0 saturated heterocycles. The van der Waals surface area contributed by atoms with Crippen molar-refractivity contribution in [3.63, 3.8) is 0 Å². The van der Waals surface area contributed by atoms with Crippen molar-refractivity contribution in [2.45, 2.75) is 0 Å². The summed E-state index contributed by atoms with van der Waals surface area (Å²) in [7, 11) is 0. The van der Waals surface area contributed by atoms with Gasteiger partial charge in [0.25, 0.3) is 0 Å². The first-order valence-corrected chi connectivity index (χ1v) is 7.36. The maximum Gasteiger partial charge on any atom is 0.250 e. The lowest BCUT2D eigenvalue weighted by Crippen LogP contribution is -2.10.